The van der Waals surface area contributed by atoms with E-state index >= 15 is 0 Å². The van der Waals surface area contributed by atoms with Crippen molar-refractivity contribution in [3.63, 3.8) is 0 Å². The number of para-hydroxylation sites is 2. The Hall–Kier alpha value is -2.94. The van der Waals surface area contributed by atoms with Gasteiger partial charge in [-0.1, -0.05) is 53.0 Å². The van der Waals surface area contributed by atoms with Crippen molar-refractivity contribution in [2.24, 2.45) is 0 Å². The highest BCUT2D eigenvalue weighted by atomic mass is 35.5. The van der Waals surface area contributed by atoms with Gasteiger partial charge in [0.15, 0.2) is 11.5 Å². The number of nitrogens with zero attached hydrogens (tertiary/aromatic N) is 1. The first kappa shape index (κ1) is 24.2. The molecule has 1 aliphatic rings. The Morgan fingerprint density at radius 2 is 1.68 bits per heavy atom. The lowest BCUT2D eigenvalue weighted by molar-refractivity contribution is -0.120. The molecule has 7 nitrogen and oxygen atoms in total. The van der Waals surface area contributed by atoms with E-state index < -0.39 is 28.6 Å². The van der Waals surface area contributed by atoms with E-state index in [0.717, 1.165) is 9.87 Å². The van der Waals surface area contributed by atoms with E-state index in [1.165, 1.54) is 30.3 Å². The average Bonchev–Trinajstić information content (AvgIpc) is 2.80. The van der Waals surface area contributed by atoms with E-state index in [9.17, 15) is 13.2 Å². The van der Waals surface area contributed by atoms with Gasteiger partial charge < -0.3 is 14.8 Å². The number of carbonyl (C=O) groups is 1. The zero-order valence-electron chi connectivity index (χ0n) is 18.2. The number of amides is 1. The number of halogens is 2. The van der Waals surface area contributed by atoms with Crippen molar-refractivity contribution in [3.8, 4) is 11.5 Å². The Labute approximate surface area is 208 Å². The van der Waals surface area contributed by atoms with Crippen LogP contribution in [0.1, 0.15) is 5.56 Å². The number of benzene rings is 3. The summed E-state index contributed by atoms with van der Waals surface area (Å²) in [6.07, 6.45) is -0.415. The van der Waals surface area contributed by atoms with Crippen molar-refractivity contribution in [1.29, 1.82) is 0 Å². The molecular formula is C24H22Cl2N2O5S. The van der Waals surface area contributed by atoms with Crippen LogP contribution in [0.5, 0.6) is 11.5 Å². The highest BCUT2D eigenvalue weighted by Crippen LogP contribution is 2.31. The average molecular weight is 521 g/mol. The molecule has 34 heavy (non-hydrogen) atoms. The lowest BCUT2D eigenvalue weighted by Gasteiger charge is -2.27. The molecule has 0 fully saturated rings. The lowest BCUT2D eigenvalue weighted by atomic mass is 10.2. The van der Waals surface area contributed by atoms with E-state index in [1.54, 1.807) is 24.3 Å². The smallest absolute Gasteiger partial charge is 0.264 e. The molecule has 4 rings (SSSR count). The van der Waals surface area contributed by atoms with Crippen LogP contribution in [-0.4, -0.2) is 40.1 Å². The summed E-state index contributed by atoms with van der Waals surface area (Å²) < 4.78 is 39.4. The van der Waals surface area contributed by atoms with Gasteiger partial charge in [0.05, 0.1) is 17.1 Å². The number of aryl methyl sites for hydroxylation is 1. The zero-order chi connectivity index (χ0) is 24.3. The molecule has 1 aliphatic heterocycles. The fraction of sp³-hybridized carbons (Fsp3) is 0.208. The van der Waals surface area contributed by atoms with Gasteiger partial charge in [-0.25, -0.2) is 8.42 Å². The van der Waals surface area contributed by atoms with Crippen LogP contribution in [0.15, 0.2) is 71.6 Å². The fourth-order valence-electron chi connectivity index (χ4n) is 3.41. The SMILES string of the molecule is Cc1ccc(S(=O)(=O)N(CC(=O)NC[C@H]2COc3ccccc3O2)c2cc(Cl)cc(Cl)c2)cc1. The Bertz CT molecular complexity index is 1280. The first-order chi connectivity index (χ1) is 16.2. The summed E-state index contributed by atoms with van der Waals surface area (Å²) in [4.78, 5) is 12.9. The minimum Gasteiger partial charge on any atom is -0.486 e. The number of anilines is 1. The van der Waals surface area contributed by atoms with Crippen molar-refractivity contribution >= 4 is 44.8 Å². The predicted octanol–water partition coefficient (Wildman–Crippen LogP) is 4.45. The van der Waals surface area contributed by atoms with E-state index in [2.05, 4.69) is 5.32 Å². The monoisotopic (exact) mass is 520 g/mol. The largest absolute Gasteiger partial charge is 0.486 e. The second kappa shape index (κ2) is 10.1. The van der Waals surface area contributed by atoms with Crippen LogP contribution in [0.3, 0.4) is 0 Å². The topological polar surface area (TPSA) is 84.9 Å². The third kappa shape index (κ3) is 5.58. The van der Waals surface area contributed by atoms with Gasteiger partial charge in [-0.3, -0.25) is 9.10 Å². The number of sulfonamides is 1. The van der Waals surface area contributed by atoms with E-state index in [1.807, 2.05) is 19.1 Å². The molecule has 178 valence electrons. The van der Waals surface area contributed by atoms with Crippen molar-refractivity contribution in [1.82, 2.24) is 5.32 Å². The molecule has 3 aromatic carbocycles. The zero-order valence-corrected chi connectivity index (χ0v) is 20.5. The van der Waals surface area contributed by atoms with Gasteiger partial charge in [-0.05, 0) is 49.4 Å². The number of fused-ring (bicyclic) bond motifs is 1. The summed E-state index contributed by atoms with van der Waals surface area (Å²) in [5, 5.41) is 3.23. The van der Waals surface area contributed by atoms with Crippen LogP contribution in [0, 0.1) is 6.92 Å². The van der Waals surface area contributed by atoms with Crippen LogP contribution >= 0.6 is 23.2 Å². The number of ether oxygens (including phenoxy) is 2. The predicted molar refractivity (Wildman–Crippen MR) is 132 cm³/mol. The van der Waals surface area contributed by atoms with Crippen LogP contribution in [0.4, 0.5) is 5.69 Å². The van der Waals surface area contributed by atoms with Gasteiger partial charge in [0.2, 0.25) is 5.91 Å². The number of carbonyl (C=O) groups excluding carboxylic acids is 1. The maximum absolute atomic E-state index is 13.5. The number of nitrogens with one attached hydrogen (secondary N) is 1. The molecule has 3 aromatic rings. The first-order valence-electron chi connectivity index (χ1n) is 10.4. The van der Waals surface area contributed by atoms with Crippen molar-refractivity contribution in [3.05, 3.63) is 82.3 Å². The number of rotatable bonds is 7. The summed E-state index contributed by atoms with van der Waals surface area (Å²) in [6.45, 7) is 1.78. The number of hydrogen-bond acceptors (Lipinski definition) is 5. The molecule has 0 spiro atoms. The lowest BCUT2D eigenvalue weighted by Crippen LogP contribution is -2.45. The summed E-state index contributed by atoms with van der Waals surface area (Å²) in [7, 11) is -4.08. The molecule has 1 N–H and O–H groups in total. The molecule has 0 aliphatic carbocycles. The molecular weight excluding hydrogens is 499 g/mol. The molecule has 0 unspecified atom stereocenters. The van der Waals surface area contributed by atoms with E-state index in [4.69, 9.17) is 32.7 Å². The Morgan fingerprint density at radius 3 is 2.35 bits per heavy atom. The summed E-state index contributed by atoms with van der Waals surface area (Å²) in [5.74, 6) is 0.706. The van der Waals surface area contributed by atoms with Crippen molar-refractivity contribution in [2.75, 3.05) is 24.0 Å². The van der Waals surface area contributed by atoms with Gasteiger partial charge in [0.25, 0.3) is 10.0 Å². The summed E-state index contributed by atoms with van der Waals surface area (Å²) in [5.41, 5.74) is 1.09. The second-order valence-corrected chi connectivity index (χ2v) is 10.5. The fourth-order valence-corrected chi connectivity index (χ4v) is 5.33. The normalized spacial score (nSPS) is 15.0. The molecule has 1 atom stereocenters. The third-order valence-electron chi connectivity index (χ3n) is 5.13. The molecule has 1 amide bonds. The standard InChI is InChI=1S/C24H22Cl2N2O5S/c1-16-6-8-21(9-7-16)34(30,31)28(19-11-17(25)10-18(26)12-19)14-24(29)27-13-20-15-32-22-4-2-3-5-23(22)33-20/h2-12,20H,13-15H2,1H3,(H,27,29)/t20-/m0/s1. The maximum atomic E-state index is 13.5. The Balaban J connectivity index is 1.52. The van der Waals surface area contributed by atoms with Gasteiger partial charge in [0.1, 0.15) is 19.3 Å². The molecule has 10 heteroatoms. The van der Waals surface area contributed by atoms with Gasteiger partial charge >= 0.3 is 0 Å². The van der Waals surface area contributed by atoms with Gasteiger partial charge in [-0.15, -0.1) is 0 Å². The molecule has 0 saturated carbocycles. The Morgan fingerprint density at radius 1 is 1.03 bits per heavy atom. The second-order valence-electron chi connectivity index (χ2n) is 7.75. The molecule has 0 bridgehead atoms. The molecule has 1 heterocycles. The Kier molecular flexibility index (Phi) is 7.21. The number of hydrogen-bond donors (Lipinski definition) is 1. The minimum absolute atomic E-state index is 0.0441. The minimum atomic E-state index is -4.08. The molecule has 0 radical (unpaired) electrons. The highest BCUT2D eigenvalue weighted by Gasteiger charge is 2.28. The summed E-state index contributed by atoms with van der Waals surface area (Å²) >= 11 is 12.2. The first-order valence-corrected chi connectivity index (χ1v) is 12.6. The van der Waals surface area contributed by atoms with Crippen molar-refractivity contribution in [2.45, 2.75) is 17.9 Å². The van der Waals surface area contributed by atoms with Crippen molar-refractivity contribution < 1.29 is 22.7 Å². The van der Waals surface area contributed by atoms with Gasteiger partial charge in [-0.2, -0.15) is 0 Å². The highest BCUT2D eigenvalue weighted by molar-refractivity contribution is 7.92. The molecule has 0 aromatic heterocycles. The van der Waals surface area contributed by atoms with E-state index in [-0.39, 0.29) is 33.8 Å². The quantitative estimate of drug-likeness (QED) is 0.497. The van der Waals surface area contributed by atoms with Crippen LogP contribution in [0.25, 0.3) is 0 Å². The summed E-state index contributed by atoms with van der Waals surface area (Å²) in [6, 6.07) is 18.0. The maximum Gasteiger partial charge on any atom is 0.264 e. The van der Waals surface area contributed by atoms with Crippen LogP contribution in [-0.2, 0) is 14.8 Å². The van der Waals surface area contributed by atoms with Gasteiger partial charge in [0, 0.05) is 10.0 Å². The molecule has 0 saturated heterocycles. The van der Waals surface area contributed by atoms with E-state index in [0.29, 0.717) is 11.5 Å². The van der Waals surface area contributed by atoms with Crippen LogP contribution < -0.4 is 19.1 Å². The third-order valence-corrected chi connectivity index (χ3v) is 7.35. The van der Waals surface area contributed by atoms with Crippen LogP contribution in [0.2, 0.25) is 10.0 Å².